The molecule has 2 heterocycles. The van der Waals surface area contributed by atoms with Crippen LogP contribution in [0.1, 0.15) is 268 Å². The van der Waals surface area contributed by atoms with Crippen molar-refractivity contribution in [2.24, 2.45) is 0 Å². The summed E-state index contributed by atoms with van der Waals surface area (Å²) < 4.78 is 53.0. The largest absolute Gasteiger partial charge is 0.481 e. The first-order valence-corrected chi connectivity index (χ1v) is 46.3. The molecule has 38 nitrogen and oxygen atoms in total. The number of carbonyl (C=O) groups excluding carboxylic acids is 14. The van der Waals surface area contributed by atoms with E-state index in [4.69, 9.17) is 52.5 Å². The molecule has 2 aromatic rings. The highest BCUT2D eigenvalue weighted by Gasteiger charge is 2.34. The van der Waals surface area contributed by atoms with Crippen LogP contribution in [0, 0.1) is 0 Å². The number of aliphatic carboxylic acids is 2. The fourth-order valence-corrected chi connectivity index (χ4v) is 13.0. The van der Waals surface area contributed by atoms with E-state index in [0.29, 0.717) is 36.0 Å². The van der Waals surface area contributed by atoms with E-state index in [9.17, 15) is 81.8 Å². The highest BCUT2D eigenvalue weighted by Crippen LogP contribution is 2.19. The predicted molar refractivity (Wildman–Crippen MR) is 471 cm³/mol. The number of hydroxylamine groups is 4. The van der Waals surface area contributed by atoms with Gasteiger partial charge in [0.05, 0.1) is 79.3 Å². The van der Waals surface area contributed by atoms with Crippen molar-refractivity contribution < 1.29 is 144 Å². The monoisotopic (exact) mass is 1840 g/mol. The minimum atomic E-state index is -1.19. The smallest absolute Gasteiger partial charge is 0.358 e. The number of rotatable bonds is 82. The summed E-state index contributed by atoms with van der Waals surface area (Å²) in [5.74, 6) is -8.68. The zero-order valence-electron chi connectivity index (χ0n) is 76.0. The van der Waals surface area contributed by atoms with Crippen molar-refractivity contribution in [3.8, 4) is 0 Å². The van der Waals surface area contributed by atoms with Crippen LogP contribution in [-0.4, -0.2) is 259 Å². The molecule has 0 radical (unpaired) electrons. The Morgan fingerprint density at radius 1 is 0.292 bits per heavy atom. The molecule has 0 aliphatic carbocycles. The van der Waals surface area contributed by atoms with Crippen LogP contribution in [0.15, 0.2) is 60.7 Å². The number of esters is 2. The number of hydrogen-bond donors (Lipinski definition) is 8. The third-order valence-corrected chi connectivity index (χ3v) is 20.2. The van der Waals surface area contributed by atoms with Gasteiger partial charge in [0.2, 0.25) is 35.4 Å². The van der Waals surface area contributed by atoms with Crippen LogP contribution in [-0.2, 0) is 147 Å². The molecule has 130 heavy (non-hydrogen) atoms. The van der Waals surface area contributed by atoms with Crippen LogP contribution in [0.5, 0.6) is 0 Å². The van der Waals surface area contributed by atoms with Crippen molar-refractivity contribution in [1.29, 1.82) is 0 Å². The molecule has 38 heteroatoms. The van der Waals surface area contributed by atoms with Crippen LogP contribution in [0.25, 0.3) is 0 Å². The first-order chi connectivity index (χ1) is 63.1. The van der Waals surface area contributed by atoms with Gasteiger partial charge in [-0.3, -0.25) is 57.5 Å². The van der Waals surface area contributed by atoms with Gasteiger partial charge in [-0.25, -0.2) is 19.2 Å². The van der Waals surface area contributed by atoms with E-state index >= 15 is 0 Å². The Labute approximate surface area is 763 Å². The molecule has 0 spiro atoms. The molecule has 2 atom stereocenters. The normalized spacial score (nSPS) is 12.8. The maximum absolute atomic E-state index is 13.1. The molecule has 10 amide bonds. The van der Waals surface area contributed by atoms with Crippen molar-refractivity contribution in [2.75, 3.05) is 132 Å². The van der Waals surface area contributed by atoms with E-state index in [1.54, 1.807) is 0 Å². The number of hydrogen-bond acceptors (Lipinski definition) is 28. The van der Waals surface area contributed by atoms with E-state index in [-0.39, 0.29) is 237 Å². The van der Waals surface area contributed by atoms with Gasteiger partial charge in [-0.15, -0.1) is 10.1 Å². The Kier molecular flexibility index (Phi) is 68.3. The molecule has 732 valence electrons. The average Bonchev–Trinajstić information content (AvgIpc) is 1.74. The fourth-order valence-electron chi connectivity index (χ4n) is 13.0. The van der Waals surface area contributed by atoms with E-state index in [1.807, 2.05) is 60.7 Å². The fraction of sp³-hybridized carbons (Fsp3) is 0.696. The number of carboxylic acids is 2. The summed E-state index contributed by atoms with van der Waals surface area (Å²) in [5.41, 5.74) is 1.82. The molecule has 0 bridgehead atoms. The lowest BCUT2D eigenvalue weighted by Gasteiger charge is -2.18. The lowest BCUT2D eigenvalue weighted by Crippen LogP contribution is -2.42. The number of unbranched alkanes of at least 4 members (excludes halogenated alkanes) is 26. The van der Waals surface area contributed by atoms with Gasteiger partial charge in [0.15, 0.2) is 0 Å². The van der Waals surface area contributed by atoms with Gasteiger partial charge in [0.25, 0.3) is 23.6 Å². The predicted octanol–water partition coefficient (Wildman–Crippen LogP) is 8.45. The van der Waals surface area contributed by atoms with Crippen LogP contribution in [0.3, 0.4) is 0 Å². The first-order valence-electron chi connectivity index (χ1n) is 46.3. The molecule has 0 saturated carbocycles. The van der Waals surface area contributed by atoms with Crippen LogP contribution < -0.4 is 31.9 Å². The van der Waals surface area contributed by atoms with Crippen molar-refractivity contribution in [3.63, 3.8) is 0 Å². The lowest BCUT2D eigenvalue weighted by molar-refractivity contribution is -0.200. The van der Waals surface area contributed by atoms with Gasteiger partial charge < -0.3 is 99.2 Å². The Bertz CT molecular complexity index is 3510. The second kappa shape index (κ2) is 77.8. The molecular formula is C92H144N8O30. The number of benzene rings is 2. The highest BCUT2D eigenvalue weighted by molar-refractivity contribution is 6.02. The molecule has 2 saturated heterocycles. The summed E-state index contributed by atoms with van der Waals surface area (Å²) in [6.07, 6.45) is 31.6. The maximum Gasteiger partial charge on any atom is 0.358 e. The summed E-state index contributed by atoms with van der Waals surface area (Å²) in [5, 5.41) is 35.0. The summed E-state index contributed by atoms with van der Waals surface area (Å²) in [6.45, 7) is 1.68. The second-order valence-corrected chi connectivity index (χ2v) is 31.3. The molecule has 8 N–H and O–H groups in total. The Hall–Kier alpha value is -9.96. The van der Waals surface area contributed by atoms with Crippen LogP contribution >= 0.6 is 0 Å². The number of imide groups is 2. The molecule has 2 aliphatic heterocycles. The summed E-state index contributed by atoms with van der Waals surface area (Å²) in [6, 6.07) is 16.8. The second-order valence-electron chi connectivity index (χ2n) is 31.3. The van der Waals surface area contributed by atoms with E-state index in [2.05, 4.69) is 41.6 Å². The van der Waals surface area contributed by atoms with Gasteiger partial charge in [-0.2, -0.15) is 0 Å². The van der Waals surface area contributed by atoms with Gasteiger partial charge in [0.1, 0.15) is 51.7 Å². The Morgan fingerprint density at radius 2 is 0.577 bits per heavy atom. The SMILES string of the molecule is O=C(CC[C@H](NC(=O)CCCCCCCCCCCCCCCCC(=O)OCc1ccccc1)C(=O)OCc1ccccc1)NCCOCCOCC(=O)NCCOCCOCC(=O)ON1C(=O)CCC1=O.O=C(O)CCCCCCCCCCCCCCCCC(=O)N[C@@H](CCC(=O)NCCOCCOCC(=O)NCCOCCOCC(=O)ON1C(=O)CCC1=O)C(=O)O. The zero-order chi connectivity index (χ0) is 94.3. The molecule has 4 rings (SSSR count). The van der Waals surface area contributed by atoms with E-state index < -0.39 is 78.8 Å². The molecule has 0 unspecified atom stereocenters. The molecule has 2 fully saturated rings. The summed E-state index contributed by atoms with van der Waals surface area (Å²) in [4.78, 5) is 199. The number of carboxylic acid groups (broad SMARTS) is 2. The molecular weight excluding hydrogens is 1700 g/mol. The van der Waals surface area contributed by atoms with Gasteiger partial charge in [-0.1, -0.05) is 215 Å². The number of amides is 10. The molecule has 2 aromatic carbocycles. The van der Waals surface area contributed by atoms with Crippen LogP contribution in [0.4, 0.5) is 0 Å². The minimum absolute atomic E-state index is 0.00197. The third-order valence-electron chi connectivity index (χ3n) is 20.2. The molecule has 2 aliphatic rings. The minimum Gasteiger partial charge on any atom is -0.481 e. The Morgan fingerprint density at radius 3 is 0.915 bits per heavy atom. The quantitative estimate of drug-likeness (QED) is 0.0175. The average molecular weight is 1840 g/mol. The topological polar surface area (TPSA) is 503 Å². The summed E-state index contributed by atoms with van der Waals surface area (Å²) in [7, 11) is 0. The number of ether oxygens (including phenoxy) is 10. The zero-order valence-corrected chi connectivity index (χ0v) is 76.0. The van der Waals surface area contributed by atoms with Crippen molar-refractivity contribution >= 4 is 94.9 Å². The van der Waals surface area contributed by atoms with Crippen molar-refractivity contribution in [1.82, 2.24) is 42.0 Å². The molecule has 0 aromatic heterocycles. The highest BCUT2D eigenvalue weighted by atomic mass is 16.7. The number of nitrogens with one attached hydrogen (secondary N) is 6. The Balaban J connectivity index is 0.000000687. The number of carbonyl (C=O) groups is 16. The van der Waals surface area contributed by atoms with Crippen LogP contribution in [0.2, 0.25) is 0 Å². The standard InChI is InChI=1S/C53H78N4O15.C39H66N4O15/c58-46(54-31-33-66-35-37-68-41-48(60)55-32-34-67-36-38-69-42-52(64)72-57-49(61)29-30-50(57)62)28-27-45(53(65)71-40-44-23-17-14-18-24-44)56-47(59)25-19-11-9-7-5-3-1-2-4-6-8-10-12-20-26-51(63)70-39-43-21-15-13-16-22-43;44-32(18-17-31(39(52)53)42-33(45)15-13-11-9-7-5-3-1-2-4-6-8-10-12-14-16-37(49)50)40-21-23-54-25-27-56-29-34(46)41-22-24-55-26-28-57-30-38(51)58-43-35(47)19-20-36(43)48/h13-18,21-24,45H,1-12,19-20,25-42H2,(H,54,58)(H,55,60)(H,56,59);31H,1-30H2,(H,40,44)(H,41,46)(H,42,45)(H,49,50)(H,52,53)/t45-;31-/m00/s1. The number of nitrogens with zero attached hydrogens (tertiary/aromatic N) is 2. The van der Waals surface area contributed by atoms with Crippen molar-refractivity contribution in [3.05, 3.63) is 71.8 Å². The lowest BCUT2D eigenvalue weighted by atomic mass is 10.0. The maximum atomic E-state index is 13.1. The summed E-state index contributed by atoms with van der Waals surface area (Å²) >= 11 is 0. The van der Waals surface area contributed by atoms with Crippen molar-refractivity contribution in [2.45, 2.75) is 282 Å². The third kappa shape index (κ3) is 64.7. The first kappa shape index (κ1) is 114. The van der Waals surface area contributed by atoms with E-state index in [0.717, 1.165) is 94.6 Å². The van der Waals surface area contributed by atoms with Gasteiger partial charge in [0, 0.05) is 90.4 Å². The van der Waals surface area contributed by atoms with Gasteiger partial charge in [-0.05, 0) is 49.7 Å². The van der Waals surface area contributed by atoms with E-state index in [1.165, 1.54) is 83.5 Å². The van der Waals surface area contributed by atoms with Gasteiger partial charge >= 0.3 is 35.8 Å².